The van der Waals surface area contributed by atoms with E-state index in [1.165, 1.54) is 0 Å². The molecule has 0 aliphatic rings. The molecule has 2 heteroatoms. The van der Waals surface area contributed by atoms with Gasteiger partial charge in [0.25, 0.3) is 0 Å². The van der Waals surface area contributed by atoms with Crippen LogP contribution >= 0.6 is 0 Å². The zero-order chi connectivity index (χ0) is 15.9. The fourth-order valence-corrected chi connectivity index (χ4v) is 2.43. The Morgan fingerprint density at radius 1 is 1.23 bits per heavy atom. The lowest BCUT2D eigenvalue weighted by atomic mass is 10.0. The van der Waals surface area contributed by atoms with Gasteiger partial charge < -0.3 is 0 Å². The maximum Gasteiger partial charge on any atom is 0.0923 e. The third-order valence-electron chi connectivity index (χ3n) is 3.64. The van der Waals surface area contributed by atoms with Gasteiger partial charge in [0.15, 0.2) is 0 Å². The predicted octanol–water partition coefficient (Wildman–Crippen LogP) is 5.51. The van der Waals surface area contributed by atoms with Crippen molar-refractivity contribution in [1.29, 1.82) is 0 Å². The van der Waals surface area contributed by atoms with Crippen molar-refractivity contribution in [1.82, 2.24) is 4.98 Å². The second kappa shape index (κ2) is 7.51. The Hall–Kier alpha value is -2.48. The molecule has 0 unspecified atom stereocenters. The van der Waals surface area contributed by atoms with Gasteiger partial charge in [-0.25, -0.2) is 0 Å². The standard InChI is InChI=1S/C20H22N2/c1-5-16(6-2)18-13-14-21-15(4)20(18)22-19(7-3)17-11-9-8-10-12-17/h5-6,8-14H,1,7H2,2-4H3/b16-6+,22-19?. The first-order valence-electron chi connectivity index (χ1n) is 7.59. The third-order valence-corrected chi connectivity index (χ3v) is 3.64. The van der Waals surface area contributed by atoms with Crippen molar-refractivity contribution >= 4 is 17.0 Å². The number of aromatic nitrogens is 1. The normalized spacial score (nSPS) is 12.3. The minimum atomic E-state index is 0.872. The molecule has 1 heterocycles. The highest BCUT2D eigenvalue weighted by molar-refractivity contribution is 6.02. The summed E-state index contributed by atoms with van der Waals surface area (Å²) in [6, 6.07) is 12.3. The molecule has 1 aromatic carbocycles. The van der Waals surface area contributed by atoms with Crippen LogP contribution in [0.3, 0.4) is 0 Å². The quantitative estimate of drug-likeness (QED) is 0.526. The van der Waals surface area contributed by atoms with E-state index in [9.17, 15) is 0 Å². The number of benzene rings is 1. The maximum absolute atomic E-state index is 4.93. The van der Waals surface area contributed by atoms with Crippen molar-refractivity contribution in [3.8, 4) is 0 Å². The Morgan fingerprint density at radius 3 is 2.55 bits per heavy atom. The van der Waals surface area contributed by atoms with Gasteiger partial charge in [0, 0.05) is 17.5 Å². The Balaban J connectivity index is 2.61. The molecule has 0 N–H and O–H groups in total. The SMILES string of the molecule is C=C/C(=C\C)c1ccnc(C)c1N=C(CC)c1ccccc1. The highest BCUT2D eigenvalue weighted by atomic mass is 14.8. The van der Waals surface area contributed by atoms with E-state index >= 15 is 0 Å². The Bertz CT molecular complexity index is 710. The minimum Gasteiger partial charge on any atom is -0.259 e. The van der Waals surface area contributed by atoms with Crippen molar-refractivity contribution in [3.63, 3.8) is 0 Å². The molecule has 0 amide bonds. The highest BCUT2D eigenvalue weighted by Gasteiger charge is 2.10. The fourth-order valence-electron chi connectivity index (χ4n) is 2.43. The number of pyridine rings is 1. The summed E-state index contributed by atoms with van der Waals surface area (Å²) in [4.78, 5) is 9.33. The summed E-state index contributed by atoms with van der Waals surface area (Å²) in [5, 5.41) is 0. The fraction of sp³-hybridized carbons (Fsp3) is 0.200. The summed E-state index contributed by atoms with van der Waals surface area (Å²) >= 11 is 0. The zero-order valence-corrected chi connectivity index (χ0v) is 13.5. The summed E-state index contributed by atoms with van der Waals surface area (Å²) in [6.07, 6.45) is 6.61. The van der Waals surface area contributed by atoms with Crippen LogP contribution in [0.5, 0.6) is 0 Å². The molecule has 0 atom stereocenters. The van der Waals surface area contributed by atoms with Crippen LogP contribution in [0, 0.1) is 6.92 Å². The van der Waals surface area contributed by atoms with Gasteiger partial charge in [-0.3, -0.25) is 9.98 Å². The first-order chi connectivity index (χ1) is 10.7. The summed E-state index contributed by atoms with van der Waals surface area (Å²) in [6.45, 7) is 10.0. The van der Waals surface area contributed by atoms with Gasteiger partial charge in [0.1, 0.15) is 0 Å². The van der Waals surface area contributed by atoms with Gasteiger partial charge in [-0.15, -0.1) is 0 Å². The van der Waals surface area contributed by atoms with Crippen molar-refractivity contribution in [2.45, 2.75) is 27.2 Å². The third kappa shape index (κ3) is 3.40. The van der Waals surface area contributed by atoms with Crippen molar-refractivity contribution in [3.05, 3.63) is 78.1 Å². The maximum atomic E-state index is 4.93. The van der Waals surface area contributed by atoms with E-state index in [0.717, 1.165) is 40.2 Å². The summed E-state index contributed by atoms with van der Waals surface area (Å²) in [7, 11) is 0. The molecule has 0 radical (unpaired) electrons. The highest BCUT2D eigenvalue weighted by Crippen LogP contribution is 2.30. The lowest BCUT2D eigenvalue weighted by Gasteiger charge is -2.11. The van der Waals surface area contributed by atoms with E-state index in [-0.39, 0.29) is 0 Å². The lowest BCUT2D eigenvalue weighted by Crippen LogP contribution is -1.99. The molecular formula is C20H22N2. The van der Waals surface area contributed by atoms with Crippen molar-refractivity contribution < 1.29 is 0 Å². The lowest BCUT2D eigenvalue weighted by molar-refractivity contribution is 1.17. The van der Waals surface area contributed by atoms with Gasteiger partial charge in [0.05, 0.1) is 11.4 Å². The molecule has 22 heavy (non-hydrogen) atoms. The second-order valence-corrected chi connectivity index (χ2v) is 5.02. The van der Waals surface area contributed by atoms with Crippen molar-refractivity contribution in [2.24, 2.45) is 4.99 Å². The molecule has 112 valence electrons. The van der Waals surface area contributed by atoms with E-state index in [0.29, 0.717) is 0 Å². The van der Waals surface area contributed by atoms with Crippen LogP contribution in [0.15, 0.2) is 66.3 Å². The molecule has 0 aliphatic heterocycles. The van der Waals surface area contributed by atoms with Gasteiger partial charge in [0.2, 0.25) is 0 Å². The monoisotopic (exact) mass is 290 g/mol. The van der Waals surface area contributed by atoms with E-state index in [1.54, 1.807) is 0 Å². The topological polar surface area (TPSA) is 25.2 Å². The number of aryl methyl sites for hydroxylation is 1. The van der Waals surface area contributed by atoms with Crippen LogP contribution in [0.4, 0.5) is 5.69 Å². The van der Waals surface area contributed by atoms with Crippen LogP contribution < -0.4 is 0 Å². The van der Waals surface area contributed by atoms with Gasteiger partial charge in [-0.05, 0) is 37.5 Å². The largest absolute Gasteiger partial charge is 0.259 e. The molecule has 0 fully saturated rings. The van der Waals surface area contributed by atoms with Crippen LogP contribution in [-0.2, 0) is 0 Å². The summed E-state index contributed by atoms with van der Waals surface area (Å²) < 4.78 is 0. The summed E-state index contributed by atoms with van der Waals surface area (Å²) in [5.41, 5.74) is 6.23. The smallest absolute Gasteiger partial charge is 0.0923 e. The van der Waals surface area contributed by atoms with Gasteiger partial charge in [-0.1, -0.05) is 56.0 Å². The van der Waals surface area contributed by atoms with E-state index in [1.807, 2.05) is 50.4 Å². The van der Waals surface area contributed by atoms with Crippen LogP contribution in [0.2, 0.25) is 0 Å². The molecule has 2 aromatic rings. The van der Waals surface area contributed by atoms with E-state index in [4.69, 9.17) is 4.99 Å². The minimum absolute atomic E-state index is 0.872. The zero-order valence-electron chi connectivity index (χ0n) is 13.5. The first kappa shape index (κ1) is 15.9. The molecule has 0 saturated heterocycles. The molecule has 2 nitrogen and oxygen atoms in total. The molecule has 0 aliphatic carbocycles. The molecule has 2 rings (SSSR count). The Morgan fingerprint density at radius 2 is 1.95 bits per heavy atom. The number of aliphatic imine (C=N–C) groups is 1. The van der Waals surface area contributed by atoms with Gasteiger partial charge in [-0.2, -0.15) is 0 Å². The van der Waals surface area contributed by atoms with Gasteiger partial charge >= 0.3 is 0 Å². The number of nitrogens with zero attached hydrogens (tertiary/aromatic N) is 2. The number of allylic oxidation sites excluding steroid dienone is 3. The summed E-state index contributed by atoms with van der Waals surface area (Å²) in [5.74, 6) is 0. The first-order valence-corrected chi connectivity index (χ1v) is 7.59. The number of rotatable bonds is 5. The van der Waals surface area contributed by atoms with E-state index < -0.39 is 0 Å². The molecule has 0 bridgehead atoms. The average molecular weight is 290 g/mol. The second-order valence-electron chi connectivity index (χ2n) is 5.02. The van der Waals surface area contributed by atoms with Crippen molar-refractivity contribution in [2.75, 3.05) is 0 Å². The number of hydrogen-bond donors (Lipinski definition) is 0. The Kier molecular flexibility index (Phi) is 5.42. The van der Waals surface area contributed by atoms with Crippen LogP contribution in [-0.4, -0.2) is 10.7 Å². The predicted molar refractivity (Wildman–Crippen MR) is 95.8 cm³/mol. The molecule has 1 aromatic heterocycles. The molecule has 0 spiro atoms. The molecule has 0 saturated carbocycles. The van der Waals surface area contributed by atoms with Crippen LogP contribution in [0.25, 0.3) is 5.57 Å². The Labute approximate surface area is 133 Å². The van der Waals surface area contributed by atoms with Crippen LogP contribution in [0.1, 0.15) is 37.1 Å². The number of hydrogen-bond acceptors (Lipinski definition) is 2. The van der Waals surface area contributed by atoms with E-state index in [2.05, 4.69) is 36.7 Å². The average Bonchev–Trinajstić information content (AvgIpc) is 2.56. The molecular weight excluding hydrogens is 268 g/mol.